The van der Waals surface area contributed by atoms with E-state index >= 15 is 0 Å². The first-order valence-electron chi connectivity index (χ1n) is 9.08. The fourth-order valence-corrected chi connectivity index (χ4v) is 5.60. The van der Waals surface area contributed by atoms with E-state index in [1.807, 2.05) is 4.90 Å². The number of carbonyl (C=O) groups is 3. The Bertz CT molecular complexity index is 904. The summed E-state index contributed by atoms with van der Waals surface area (Å²) < 4.78 is 0. The van der Waals surface area contributed by atoms with Crippen molar-refractivity contribution in [3.8, 4) is 0 Å². The molecule has 9 nitrogen and oxygen atoms in total. The molecule has 0 saturated carbocycles. The molecule has 2 atom stereocenters. The number of hydrogen-bond donors (Lipinski definition) is 1. The van der Waals surface area contributed by atoms with Gasteiger partial charge in [0.2, 0.25) is 11.8 Å². The second-order valence-corrected chi connectivity index (χ2v) is 8.68. The van der Waals surface area contributed by atoms with Crippen molar-refractivity contribution in [1.29, 1.82) is 0 Å². The number of thioether (sulfide) groups is 1. The highest BCUT2D eigenvalue weighted by Gasteiger charge is 2.62. The van der Waals surface area contributed by atoms with E-state index < -0.39 is 40.3 Å². The van der Waals surface area contributed by atoms with Crippen molar-refractivity contribution in [3.05, 3.63) is 33.9 Å². The molecule has 28 heavy (non-hydrogen) atoms. The Balaban J connectivity index is 1.89. The maximum absolute atomic E-state index is 13.5. The van der Waals surface area contributed by atoms with E-state index in [0.717, 1.165) is 16.3 Å². The molecule has 0 aliphatic carbocycles. The molecule has 0 radical (unpaired) electrons. The Hall–Kier alpha value is -2.62. The number of carbonyl (C=O) groups excluding carboxylic acids is 3. The lowest BCUT2D eigenvalue weighted by atomic mass is 9.68. The van der Waals surface area contributed by atoms with Crippen molar-refractivity contribution >= 4 is 41.0 Å². The predicted octanol–water partition coefficient (Wildman–Crippen LogP) is 1.55. The molecule has 0 bridgehead atoms. The topological polar surface area (TPSA) is 113 Å². The average molecular weight is 404 g/mol. The smallest absolute Gasteiger partial charge is 0.331 e. The second kappa shape index (κ2) is 6.47. The Morgan fingerprint density at radius 2 is 2.07 bits per heavy atom. The standard InChI is InChI=1S/C18H20N4O5S/c1-10(2)21-16(24)18(15(23)19-17(21)25)8-11-7-12(22(26)27)3-4-13(11)20-5-6-28-9-14(18)20/h3-4,7,10,14H,5-6,8-9H2,1-2H3,(H,19,23,25)/t14-,18+/m0/s1. The number of nitro groups is 1. The van der Waals surface area contributed by atoms with Crippen LogP contribution in [-0.4, -0.2) is 57.8 Å². The van der Waals surface area contributed by atoms with Gasteiger partial charge in [-0.1, -0.05) is 0 Å². The van der Waals surface area contributed by atoms with Crippen LogP contribution in [-0.2, 0) is 16.0 Å². The zero-order chi connectivity index (χ0) is 20.2. The number of nitrogens with one attached hydrogen (secondary N) is 1. The summed E-state index contributed by atoms with van der Waals surface area (Å²) in [5.74, 6) is 0.251. The third kappa shape index (κ3) is 2.50. The van der Waals surface area contributed by atoms with E-state index in [2.05, 4.69) is 5.32 Å². The minimum atomic E-state index is -1.48. The van der Waals surface area contributed by atoms with E-state index in [4.69, 9.17) is 0 Å². The van der Waals surface area contributed by atoms with Crippen molar-refractivity contribution in [1.82, 2.24) is 10.2 Å². The van der Waals surface area contributed by atoms with Crippen LogP contribution in [0.3, 0.4) is 0 Å². The molecule has 4 rings (SSSR count). The van der Waals surface area contributed by atoms with Gasteiger partial charge in [0, 0.05) is 48.3 Å². The van der Waals surface area contributed by atoms with Crippen LogP contribution >= 0.6 is 11.8 Å². The highest BCUT2D eigenvalue weighted by molar-refractivity contribution is 7.99. The van der Waals surface area contributed by atoms with E-state index in [-0.39, 0.29) is 12.1 Å². The Kier molecular flexibility index (Phi) is 4.33. The van der Waals surface area contributed by atoms with Gasteiger partial charge in [0.05, 0.1) is 11.0 Å². The number of benzene rings is 1. The third-order valence-electron chi connectivity index (χ3n) is 5.71. The predicted molar refractivity (Wildman–Crippen MR) is 103 cm³/mol. The summed E-state index contributed by atoms with van der Waals surface area (Å²) in [6, 6.07) is 3.04. The molecule has 0 aromatic heterocycles. The van der Waals surface area contributed by atoms with E-state index in [0.29, 0.717) is 17.9 Å². The van der Waals surface area contributed by atoms with Gasteiger partial charge < -0.3 is 4.90 Å². The van der Waals surface area contributed by atoms with Crippen LogP contribution in [0.25, 0.3) is 0 Å². The van der Waals surface area contributed by atoms with Crippen LogP contribution in [0.2, 0.25) is 0 Å². The number of hydrogen-bond acceptors (Lipinski definition) is 7. The Labute approximate surface area is 165 Å². The molecule has 0 unspecified atom stereocenters. The largest absolute Gasteiger partial charge is 0.365 e. The number of fused-ring (bicyclic) bond motifs is 4. The normalized spacial score (nSPS) is 27.0. The van der Waals surface area contributed by atoms with E-state index in [1.165, 1.54) is 12.1 Å². The highest BCUT2D eigenvalue weighted by Crippen LogP contribution is 2.47. The lowest BCUT2D eigenvalue weighted by Crippen LogP contribution is -2.74. The molecule has 3 aliphatic heterocycles. The maximum Gasteiger partial charge on any atom is 0.331 e. The molecule has 3 aliphatic rings. The van der Waals surface area contributed by atoms with Crippen molar-refractivity contribution in [2.45, 2.75) is 32.4 Å². The van der Waals surface area contributed by atoms with Crippen LogP contribution in [0.5, 0.6) is 0 Å². The van der Waals surface area contributed by atoms with Gasteiger partial charge in [0.1, 0.15) is 0 Å². The van der Waals surface area contributed by atoms with E-state index in [1.54, 1.807) is 31.7 Å². The first kappa shape index (κ1) is 18.7. The summed E-state index contributed by atoms with van der Waals surface area (Å²) in [5, 5.41) is 13.6. The van der Waals surface area contributed by atoms with Gasteiger partial charge >= 0.3 is 6.03 Å². The van der Waals surface area contributed by atoms with Gasteiger partial charge in [0.25, 0.3) is 5.69 Å². The number of barbiturate groups is 1. The zero-order valence-electron chi connectivity index (χ0n) is 15.5. The van der Waals surface area contributed by atoms with Gasteiger partial charge in [-0.15, -0.1) is 0 Å². The fourth-order valence-electron chi connectivity index (χ4n) is 4.42. The molecule has 10 heteroatoms. The number of rotatable bonds is 2. The summed E-state index contributed by atoms with van der Waals surface area (Å²) in [6.07, 6.45) is 0.0346. The molecule has 1 spiro atoms. The summed E-state index contributed by atoms with van der Waals surface area (Å²) in [4.78, 5) is 52.8. The molecule has 2 fully saturated rings. The summed E-state index contributed by atoms with van der Waals surface area (Å²) in [7, 11) is 0. The van der Waals surface area contributed by atoms with Crippen LogP contribution < -0.4 is 10.2 Å². The molecule has 4 amide bonds. The van der Waals surface area contributed by atoms with Crippen LogP contribution in [0, 0.1) is 15.5 Å². The van der Waals surface area contributed by atoms with Gasteiger partial charge in [-0.05, 0) is 25.5 Å². The Morgan fingerprint density at radius 3 is 2.75 bits per heavy atom. The lowest BCUT2D eigenvalue weighted by molar-refractivity contribution is -0.384. The van der Waals surface area contributed by atoms with Crippen molar-refractivity contribution in [2.75, 3.05) is 23.0 Å². The quantitative estimate of drug-likeness (QED) is 0.452. The monoisotopic (exact) mass is 404 g/mol. The fraction of sp³-hybridized carbons (Fsp3) is 0.500. The van der Waals surface area contributed by atoms with Crippen molar-refractivity contribution in [2.24, 2.45) is 5.41 Å². The lowest BCUT2D eigenvalue weighted by Gasteiger charge is -2.53. The van der Waals surface area contributed by atoms with Crippen LogP contribution in [0.4, 0.5) is 16.2 Å². The first-order valence-corrected chi connectivity index (χ1v) is 10.2. The van der Waals surface area contributed by atoms with Crippen LogP contribution in [0.15, 0.2) is 18.2 Å². The second-order valence-electron chi connectivity index (χ2n) is 7.53. The van der Waals surface area contributed by atoms with Gasteiger partial charge in [-0.3, -0.25) is 29.9 Å². The number of urea groups is 1. The number of anilines is 1. The zero-order valence-corrected chi connectivity index (χ0v) is 16.3. The van der Waals surface area contributed by atoms with Gasteiger partial charge in [-0.2, -0.15) is 11.8 Å². The molecule has 2 saturated heterocycles. The summed E-state index contributed by atoms with van der Waals surface area (Å²) in [5.41, 5.74) is -0.165. The summed E-state index contributed by atoms with van der Waals surface area (Å²) in [6.45, 7) is 4.06. The highest BCUT2D eigenvalue weighted by atomic mass is 32.2. The number of nitrogens with zero attached hydrogens (tertiary/aromatic N) is 3. The number of imide groups is 2. The first-order chi connectivity index (χ1) is 13.3. The number of non-ortho nitro benzene ring substituents is 1. The maximum atomic E-state index is 13.5. The third-order valence-corrected chi connectivity index (χ3v) is 6.73. The SMILES string of the molecule is CC(C)N1C(=O)NC(=O)[C@]2(Cc3cc([N+](=O)[O-])ccc3N3CCSC[C@H]32)C1=O. The molecular formula is C18H20N4O5S. The molecule has 148 valence electrons. The molecule has 1 aromatic carbocycles. The van der Waals surface area contributed by atoms with Crippen LogP contribution in [0.1, 0.15) is 19.4 Å². The number of amides is 4. The van der Waals surface area contributed by atoms with E-state index in [9.17, 15) is 24.5 Å². The van der Waals surface area contributed by atoms with Crippen molar-refractivity contribution in [3.63, 3.8) is 0 Å². The molecule has 1 N–H and O–H groups in total. The Morgan fingerprint density at radius 1 is 1.32 bits per heavy atom. The van der Waals surface area contributed by atoms with Gasteiger partial charge in [0.15, 0.2) is 5.41 Å². The minimum absolute atomic E-state index is 0.0346. The molecular weight excluding hydrogens is 384 g/mol. The summed E-state index contributed by atoms with van der Waals surface area (Å²) >= 11 is 1.66. The average Bonchev–Trinajstić information content (AvgIpc) is 2.65. The molecule has 3 heterocycles. The minimum Gasteiger partial charge on any atom is -0.365 e. The number of nitro benzene ring substituents is 1. The van der Waals surface area contributed by atoms with Gasteiger partial charge in [-0.25, -0.2) is 4.79 Å². The van der Waals surface area contributed by atoms with Crippen molar-refractivity contribution < 1.29 is 19.3 Å². The molecule has 1 aromatic rings.